The summed E-state index contributed by atoms with van der Waals surface area (Å²) in [5.74, 6) is -0.341. The van der Waals surface area contributed by atoms with E-state index in [9.17, 15) is 14.3 Å². The number of anilines is 1. The van der Waals surface area contributed by atoms with E-state index >= 15 is 0 Å². The van der Waals surface area contributed by atoms with Crippen molar-refractivity contribution in [1.82, 2.24) is 4.90 Å². The van der Waals surface area contributed by atoms with Gasteiger partial charge in [0.25, 0.3) is 0 Å². The molecule has 2 rings (SSSR count). The number of benzene rings is 1. The Bertz CT molecular complexity index is 441. The number of aliphatic hydroxyl groups is 1. The topological polar surface area (TPSA) is 52.6 Å². The van der Waals surface area contributed by atoms with Gasteiger partial charge in [0.1, 0.15) is 5.82 Å². The zero-order valence-corrected chi connectivity index (χ0v) is 11.0. The molecule has 0 aromatic heterocycles. The maximum atomic E-state index is 12.7. The van der Waals surface area contributed by atoms with Gasteiger partial charge in [-0.1, -0.05) is 12.8 Å². The van der Waals surface area contributed by atoms with Gasteiger partial charge in [0.05, 0.1) is 12.1 Å². The molecule has 0 atom stereocenters. The molecular formula is C14H19FN2O2. The van der Waals surface area contributed by atoms with Gasteiger partial charge in [-0.15, -0.1) is 0 Å². The Labute approximate surface area is 112 Å². The molecule has 1 aromatic carbocycles. The van der Waals surface area contributed by atoms with E-state index in [2.05, 4.69) is 5.32 Å². The third-order valence-corrected chi connectivity index (χ3v) is 3.51. The number of nitrogens with zero attached hydrogens (tertiary/aromatic N) is 1. The van der Waals surface area contributed by atoms with Crippen LogP contribution in [0.25, 0.3) is 0 Å². The van der Waals surface area contributed by atoms with E-state index in [-0.39, 0.29) is 11.8 Å². The van der Waals surface area contributed by atoms with Crippen molar-refractivity contribution in [3.05, 3.63) is 30.1 Å². The number of carbonyl (C=O) groups is 1. The summed E-state index contributed by atoms with van der Waals surface area (Å²) in [6.45, 7) is 0.319. The largest absolute Gasteiger partial charge is 0.388 e. The molecule has 1 saturated carbocycles. The predicted molar refractivity (Wildman–Crippen MR) is 71.5 cm³/mol. The van der Waals surface area contributed by atoms with Crippen molar-refractivity contribution in [2.45, 2.75) is 31.3 Å². The second kappa shape index (κ2) is 5.57. The van der Waals surface area contributed by atoms with Crippen LogP contribution in [0.1, 0.15) is 25.7 Å². The van der Waals surface area contributed by atoms with Gasteiger partial charge in [0.2, 0.25) is 0 Å². The highest BCUT2D eigenvalue weighted by Crippen LogP contribution is 2.30. The lowest BCUT2D eigenvalue weighted by atomic mass is 10.0. The molecule has 2 amide bonds. The number of hydrogen-bond donors (Lipinski definition) is 2. The maximum Gasteiger partial charge on any atom is 0.321 e. The lowest BCUT2D eigenvalue weighted by molar-refractivity contribution is 0.0262. The van der Waals surface area contributed by atoms with Gasteiger partial charge in [-0.2, -0.15) is 0 Å². The molecule has 0 saturated heterocycles. The van der Waals surface area contributed by atoms with Crippen LogP contribution in [0, 0.1) is 5.82 Å². The summed E-state index contributed by atoms with van der Waals surface area (Å²) < 4.78 is 12.7. The number of amides is 2. The van der Waals surface area contributed by atoms with Crippen molar-refractivity contribution in [3.63, 3.8) is 0 Å². The van der Waals surface area contributed by atoms with Gasteiger partial charge in [-0.25, -0.2) is 9.18 Å². The van der Waals surface area contributed by atoms with Crippen molar-refractivity contribution in [2.75, 3.05) is 18.9 Å². The van der Waals surface area contributed by atoms with Crippen molar-refractivity contribution in [3.8, 4) is 0 Å². The fraction of sp³-hybridized carbons (Fsp3) is 0.500. The summed E-state index contributed by atoms with van der Waals surface area (Å²) in [6, 6.07) is 5.30. The molecule has 0 unspecified atom stereocenters. The van der Waals surface area contributed by atoms with Gasteiger partial charge in [0, 0.05) is 12.7 Å². The van der Waals surface area contributed by atoms with E-state index in [1.165, 1.54) is 29.2 Å². The summed E-state index contributed by atoms with van der Waals surface area (Å²) in [5, 5.41) is 12.9. The number of hydrogen-bond acceptors (Lipinski definition) is 2. The zero-order chi connectivity index (χ0) is 13.9. The predicted octanol–water partition coefficient (Wildman–Crippen LogP) is 2.59. The van der Waals surface area contributed by atoms with Crippen molar-refractivity contribution >= 4 is 11.7 Å². The first-order valence-electron chi connectivity index (χ1n) is 6.49. The third-order valence-electron chi connectivity index (χ3n) is 3.51. The number of likely N-dealkylation sites (N-methyl/N-ethyl adjacent to an activating group) is 1. The standard InChI is InChI=1S/C14H19FN2O2/c1-17(10-14(19)8-2-3-9-14)13(18)16-12-6-4-11(15)5-7-12/h4-7,19H,2-3,8-10H2,1H3,(H,16,18). The van der Waals surface area contributed by atoms with Crippen molar-refractivity contribution in [1.29, 1.82) is 0 Å². The van der Waals surface area contributed by atoms with Crippen molar-refractivity contribution in [2.24, 2.45) is 0 Å². The summed E-state index contributed by atoms with van der Waals surface area (Å²) in [5.41, 5.74) is -0.216. The van der Waals surface area contributed by atoms with E-state index in [1.54, 1.807) is 7.05 Å². The Morgan fingerprint density at radius 2 is 1.95 bits per heavy atom. The summed E-state index contributed by atoms with van der Waals surface area (Å²) in [6.07, 6.45) is 3.48. The monoisotopic (exact) mass is 266 g/mol. The Kier molecular flexibility index (Phi) is 4.04. The second-order valence-electron chi connectivity index (χ2n) is 5.22. The van der Waals surface area contributed by atoms with E-state index in [4.69, 9.17) is 0 Å². The molecule has 1 fully saturated rings. The quantitative estimate of drug-likeness (QED) is 0.883. The van der Waals surface area contributed by atoms with Gasteiger partial charge < -0.3 is 15.3 Å². The zero-order valence-electron chi connectivity index (χ0n) is 11.0. The van der Waals surface area contributed by atoms with Crippen LogP contribution in [-0.4, -0.2) is 35.2 Å². The smallest absolute Gasteiger partial charge is 0.321 e. The number of halogens is 1. The fourth-order valence-corrected chi connectivity index (χ4v) is 2.46. The highest BCUT2D eigenvalue weighted by Gasteiger charge is 2.33. The molecule has 1 aromatic rings. The van der Waals surface area contributed by atoms with Gasteiger partial charge >= 0.3 is 6.03 Å². The Morgan fingerprint density at radius 1 is 1.37 bits per heavy atom. The van der Waals surface area contributed by atoms with Crippen LogP contribution in [0.2, 0.25) is 0 Å². The minimum Gasteiger partial charge on any atom is -0.388 e. The molecule has 0 radical (unpaired) electrons. The first-order chi connectivity index (χ1) is 8.98. The average Bonchev–Trinajstić information content (AvgIpc) is 2.78. The average molecular weight is 266 g/mol. The molecule has 2 N–H and O–H groups in total. The van der Waals surface area contributed by atoms with Crippen LogP contribution >= 0.6 is 0 Å². The molecule has 5 heteroatoms. The summed E-state index contributed by atoms with van der Waals surface area (Å²) in [7, 11) is 1.65. The van der Waals surface area contributed by atoms with Gasteiger partial charge in [0.15, 0.2) is 0 Å². The van der Waals surface area contributed by atoms with Crippen LogP contribution in [0.15, 0.2) is 24.3 Å². The fourth-order valence-electron chi connectivity index (χ4n) is 2.46. The lowest BCUT2D eigenvalue weighted by Crippen LogP contribution is -2.43. The lowest BCUT2D eigenvalue weighted by Gasteiger charge is -2.28. The van der Waals surface area contributed by atoms with Crippen LogP contribution < -0.4 is 5.32 Å². The van der Waals surface area contributed by atoms with Crippen LogP contribution in [-0.2, 0) is 0 Å². The molecule has 19 heavy (non-hydrogen) atoms. The van der Waals surface area contributed by atoms with E-state index in [0.29, 0.717) is 12.2 Å². The number of nitrogens with one attached hydrogen (secondary N) is 1. The molecule has 1 aliphatic rings. The Balaban J connectivity index is 1.90. The first kappa shape index (κ1) is 13.8. The molecule has 4 nitrogen and oxygen atoms in total. The summed E-state index contributed by atoms with van der Waals surface area (Å²) in [4.78, 5) is 13.4. The van der Waals surface area contributed by atoms with E-state index in [0.717, 1.165) is 25.7 Å². The van der Waals surface area contributed by atoms with Crippen LogP contribution in [0.4, 0.5) is 14.9 Å². The SMILES string of the molecule is CN(CC1(O)CCCC1)C(=O)Nc1ccc(F)cc1. The molecule has 0 aliphatic heterocycles. The summed E-state index contributed by atoms with van der Waals surface area (Å²) >= 11 is 0. The first-order valence-corrected chi connectivity index (χ1v) is 6.49. The van der Waals surface area contributed by atoms with Crippen LogP contribution in [0.3, 0.4) is 0 Å². The van der Waals surface area contributed by atoms with E-state index in [1.807, 2.05) is 0 Å². The molecule has 0 heterocycles. The molecule has 0 bridgehead atoms. The van der Waals surface area contributed by atoms with Crippen molar-refractivity contribution < 1.29 is 14.3 Å². The molecule has 1 aliphatic carbocycles. The minimum atomic E-state index is -0.755. The Morgan fingerprint density at radius 3 is 2.53 bits per heavy atom. The second-order valence-corrected chi connectivity index (χ2v) is 5.22. The highest BCUT2D eigenvalue weighted by molar-refractivity contribution is 5.89. The molecule has 0 spiro atoms. The number of urea groups is 1. The number of rotatable bonds is 3. The van der Waals surface area contributed by atoms with Crippen LogP contribution in [0.5, 0.6) is 0 Å². The van der Waals surface area contributed by atoms with E-state index < -0.39 is 5.60 Å². The Hall–Kier alpha value is -1.62. The minimum absolute atomic E-state index is 0.299. The number of carbonyl (C=O) groups excluding carboxylic acids is 1. The third kappa shape index (κ3) is 3.67. The van der Waals surface area contributed by atoms with Gasteiger partial charge in [-0.3, -0.25) is 0 Å². The maximum absolute atomic E-state index is 12.7. The highest BCUT2D eigenvalue weighted by atomic mass is 19.1. The normalized spacial score (nSPS) is 17.2. The molecular weight excluding hydrogens is 247 g/mol. The van der Waals surface area contributed by atoms with Gasteiger partial charge in [-0.05, 0) is 37.1 Å². The molecule has 104 valence electrons.